The van der Waals surface area contributed by atoms with Gasteiger partial charge in [-0.1, -0.05) is 30.3 Å². The molecule has 0 saturated carbocycles. The van der Waals surface area contributed by atoms with Crippen LogP contribution in [0, 0.1) is 0 Å². The Hall–Kier alpha value is -2.03. The molecular formula is C15H17NO2. The van der Waals surface area contributed by atoms with Crippen LogP contribution in [-0.2, 0) is 4.74 Å². The summed E-state index contributed by atoms with van der Waals surface area (Å²) in [5.41, 5.74) is 6.41. The molecule has 3 heteroatoms. The highest BCUT2D eigenvalue weighted by atomic mass is 16.6. The normalized spacial score (nSPS) is 11.5. The van der Waals surface area contributed by atoms with Gasteiger partial charge in [-0.2, -0.15) is 0 Å². The number of ether oxygens (including phenoxy) is 1. The average Bonchev–Trinajstić information content (AvgIpc) is 2.27. The van der Waals surface area contributed by atoms with Gasteiger partial charge in [0.25, 0.3) is 0 Å². The molecule has 0 aromatic heterocycles. The maximum Gasteiger partial charge on any atom is 0.340 e. The van der Waals surface area contributed by atoms with Gasteiger partial charge in [0.15, 0.2) is 0 Å². The van der Waals surface area contributed by atoms with E-state index in [0.717, 1.165) is 10.8 Å². The van der Waals surface area contributed by atoms with E-state index in [2.05, 4.69) is 0 Å². The second-order valence-electron chi connectivity index (χ2n) is 5.25. The lowest BCUT2D eigenvalue weighted by atomic mass is 10.0. The SMILES string of the molecule is CC(C)(C)OC(=O)c1ccc2ccccc2c1N. The van der Waals surface area contributed by atoms with Crippen LogP contribution in [0.4, 0.5) is 5.69 Å². The van der Waals surface area contributed by atoms with E-state index in [4.69, 9.17) is 10.5 Å². The van der Waals surface area contributed by atoms with Crippen molar-refractivity contribution in [3.63, 3.8) is 0 Å². The molecule has 18 heavy (non-hydrogen) atoms. The maximum absolute atomic E-state index is 12.0. The quantitative estimate of drug-likeness (QED) is 0.617. The third-order valence-corrected chi connectivity index (χ3v) is 2.59. The first kappa shape index (κ1) is 12.4. The minimum absolute atomic E-state index is 0.384. The highest BCUT2D eigenvalue weighted by Crippen LogP contribution is 2.26. The summed E-state index contributed by atoms with van der Waals surface area (Å²) < 4.78 is 5.33. The molecule has 0 atom stereocenters. The van der Waals surface area contributed by atoms with E-state index >= 15 is 0 Å². The highest BCUT2D eigenvalue weighted by molar-refractivity contribution is 6.05. The lowest BCUT2D eigenvalue weighted by molar-refractivity contribution is 0.00710. The zero-order chi connectivity index (χ0) is 13.3. The summed E-state index contributed by atoms with van der Waals surface area (Å²) in [4.78, 5) is 12.0. The standard InChI is InChI=1S/C15H17NO2/c1-15(2,3)18-14(17)12-9-8-10-6-4-5-7-11(10)13(12)16/h4-9H,16H2,1-3H3. The van der Waals surface area contributed by atoms with E-state index in [1.54, 1.807) is 6.07 Å². The molecule has 0 spiro atoms. The number of benzene rings is 2. The number of hydrogen-bond donors (Lipinski definition) is 1. The van der Waals surface area contributed by atoms with Gasteiger partial charge in [-0.05, 0) is 32.2 Å². The molecule has 0 heterocycles. The number of hydrogen-bond acceptors (Lipinski definition) is 3. The summed E-state index contributed by atoms with van der Waals surface area (Å²) in [7, 11) is 0. The molecule has 94 valence electrons. The molecule has 2 aromatic rings. The molecule has 0 amide bonds. The van der Waals surface area contributed by atoms with E-state index in [9.17, 15) is 4.79 Å². The second kappa shape index (κ2) is 4.33. The van der Waals surface area contributed by atoms with Gasteiger partial charge >= 0.3 is 5.97 Å². The van der Waals surface area contributed by atoms with Crippen molar-refractivity contribution in [3.8, 4) is 0 Å². The van der Waals surface area contributed by atoms with Crippen LogP contribution < -0.4 is 5.73 Å². The van der Waals surface area contributed by atoms with E-state index in [0.29, 0.717) is 11.3 Å². The lowest BCUT2D eigenvalue weighted by Crippen LogP contribution is -2.24. The van der Waals surface area contributed by atoms with Crippen LogP contribution in [0.2, 0.25) is 0 Å². The van der Waals surface area contributed by atoms with Crippen LogP contribution in [0.1, 0.15) is 31.1 Å². The van der Waals surface area contributed by atoms with Crippen molar-refractivity contribution in [3.05, 3.63) is 42.0 Å². The zero-order valence-electron chi connectivity index (χ0n) is 10.9. The van der Waals surface area contributed by atoms with Gasteiger partial charge in [-0.25, -0.2) is 4.79 Å². The maximum atomic E-state index is 12.0. The van der Waals surface area contributed by atoms with Crippen LogP contribution >= 0.6 is 0 Å². The van der Waals surface area contributed by atoms with Crippen molar-refractivity contribution >= 4 is 22.4 Å². The monoisotopic (exact) mass is 243 g/mol. The summed E-state index contributed by atoms with van der Waals surface area (Å²) in [6.45, 7) is 5.51. The first-order valence-corrected chi connectivity index (χ1v) is 5.89. The molecule has 3 nitrogen and oxygen atoms in total. The van der Waals surface area contributed by atoms with Crippen LogP contribution in [0.15, 0.2) is 36.4 Å². The van der Waals surface area contributed by atoms with Gasteiger partial charge in [0.2, 0.25) is 0 Å². The number of nitrogens with two attached hydrogens (primary N) is 1. The third kappa shape index (κ3) is 2.45. The molecule has 0 unspecified atom stereocenters. The Labute approximate surface area is 107 Å². The molecule has 0 saturated heterocycles. The number of nitrogen functional groups attached to an aromatic ring is 1. The van der Waals surface area contributed by atoms with E-state index in [1.165, 1.54) is 0 Å². The number of anilines is 1. The Morgan fingerprint density at radius 1 is 1.11 bits per heavy atom. The number of carbonyl (C=O) groups excluding carboxylic acids is 1. The molecule has 2 N–H and O–H groups in total. The Morgan fingerprint density at radius 2 is 1.78 bits per heavy atom. The van der Waals surface area contributed by atoms with E-state index in [-0.39, 0.29) is 5.97 Å². The Bertz CT molecular complexity index is 597. The summed E-state index contributed by atoms with van der Waals surface area (Å²) in [6.07, 6.45) is 0. The Kier molecular flexibility index (Phi) is 2.99. The number of carbonyl (C=O) groups is 1. The van der Waals surface area contributed by atoms with E-state index < -0.39 is 5.60 Å². The Balaban J connectivity index is 2.46. The molecule has 0 fully saturated rings. The second-order valence-corrected chi connectivity index (χ2v) is 5.25. The predicted octanol–water partition coefficient (Wildman–Crippen LogP) is 3.38. The number of rotatable bonds is 1. The molecule has 0 aliphatic carbocycles. The zero-order valence-corrected chi connectivity index (χ0v) is 10.9. The van der Waals surface area contributed by atoms with Crippen LogP contribution in [-0.4, -0.2) is 11.6 Å². The molecule has 2 aromatic carbocycles. The minimum Gasteiger partial charge on any atom is -0.456 e. The van der Waals surface area contributed by atoms with E-state index in [1.807, 2.05) is 51.1 Å². The number of fused-ring (bicyclic) bond motifs is 1. The van der Waals surface area contributed by atoms with Gasteiger partial charge in [0.05, 0.1) is 11.3 Å². The molecule has 2 rings (SSSR count). The molecule has 0 radical (unpaired) electrons. The fourth-order valence-corrected chi connectivity index (χ4v) is 1.81. The Morgan fingerprint density at radius 3 is 2.44 bits per heavy atom. The van der Waals surface area contributed by atoms with Crippen molar-refractivity contribution in [1.29, 1.82) is 0 Å². The van der Waals surface area contributed by atoms with Gasteiger partial charge in [-0.15, -0.1) is 0 Å². The van der Waals surface area contributed by atoms with Crippen molar-refractivity contribution in [2.75, 3.05) is 5.73 Å². The van der Waals surface area contributed by atoms with Crippen molar-refractivity contribution in [2.45, 2.75) is 26.4 Å². The van der Waals surface area contributed by atoms with Crippen LogP contribution in [0.3, 0.4) is 0 Å². The molecule has 0 aliphatic rings. The van der Waals surface area contributed by atoms with Gasteiger partial charge in [-0.3, -0.25) is 0 Å². The van der Waals surface area contributed by atoms with Crippen molar-refractivity contribution < 1.29 is 9.53 Å². The smallest absolute Gasteiger partial charge is 0.340 e. The predicted molar refractivity (Wildman–Crippen MR) is 73.5 cm³/mol. The third-order valence-electron chi connectivity index (χ3n) is 2.59. The summed E-state index contributed by atoms with van der Waals surface area (Å²) in [5, 5.41) is 1.89. The first-order valence-electron chi connectivity index (χ1n) is 5.89. The highest BCUT2D eigenvalue weighted by Gasteiger charge is 2.20. The largest absolute Gasteiger partial charge is 0.456 e. The number of esters is 1. The van der Waals surface area contributed by atoms with Gasteiger partial charge in [0.1, 0.15) is 5.60 Å². The summed E-state index contributed by atoms with van der Waals surface area (Å²) in [6, 6.07) is 11.3. The van der Waals surface area contributed by atoms with Crippen LogP contribution in [0.25, 0.3) is 10.8 Å². The fourth-order valence-electron chi connectivity index (χ4n) is 1.81. The molecule has 0 bridgehead atoms. The average molecular weight is 243 g/mol. The van der Waals surface area contributed by atoms with Gasteiger partial charge in [0, 0.05) is 5.39 Å². The first-order chi connectivity index (χ1) is 8.38. The fraction of sp³-hybridized carbons (Fsp3) is 0.267. The summed E-state index contributed by atoms with van der Waals surface area (Å²) in [5.74, 6) is -0.384. The van der Waals surface area contributed by atoms with Gasteiger partial charge < -0.3 is 10.5 Å². The lowest BCUT2D eigenvalue weighted by Gasteiger charge is -2.20. The van der Waals surface area contributed by atoms with Crippen molar-refractivity contribution in [1.82, 2.24) is 0 Å². The minimum atomic E-state index is -0.519. The van der Waals surface area contributed by atoms with Crippen LogP contribution in [0.5, 0.6) is 0 Å². The molecular weight excluding hydrogens is 226 g/mol. The molecule has 0 aliphatic heterocycles. The summed E-state index contributed by atoms with van der Waals surface area (Å²) >= 11 is 0. The topological polar surface area (TPSA) is 52.3 Å². The van der Waals surface area contributed by atoms with Crippen molar-refractivity contribution in [2.24, 2.45) is 0 Å².